The molecule has 1 amide bonds. The van der Waals surface area contributed by atoms with Crippen LogP contribution in [-0.4, -0.2) is 47.1 Å². The van der Waals surface area contributed by atoms with Gasteiger partial charge in [-0.15, -0.1) is 0 Å². The van der Waals surface area contributed by atoms with Crippen LogP contribution in [0.4, 0.5) is 0 Å². The number of carboxylic acid groups (broad SMARTS) is 1. The minimum atomic E-state index is -1.09. The largest absolute Gasteiger partial charge is 0.480 e. The number of nitrogens with zero attached hydrogens (tertiary/aromatic N) is 2. The van der Waals surface area contributed by atoms with Gasteiger partial charge in [-0.2, -0.15) is 0 Å². The van der Waals surface area contributed by atoms with Gasteiger partial charge in [0.1, 0.15) is 13.2 Å². The molecule has 92 valence electrons. The molecule has 0 aromatic carbocycles. The average molecular weight is 238 g/mol. The molecule has 0 bridgehead atoms. The van der Waals surface area contributed by atoms with E-state index in [1.807, 2.05) is 12.1 Å². The fourth-order valence-corrected chi connectivity index (χ4v) is 1.16. The van der Waals surface area contributed by atoms with Gasteiger partial charge in [0.25, 0.3) is 0 Å². The number of hydrogen-bond acceptors (Lipinski definition) is 4. The Kier molecular flexibility index (Phi) is 5.09. The number of aromatic nitrogens is 1. The molecule has 0 atom stereocenters. The van der Waals surface area contributed by atoms with Crippen molar-refractivity contribution in [1.82, 2.24) is 9.88 Å². The van der Waals surface area contributed by atoms with Gasteiger partial charge in [0.15, 0.2) is 0 Å². The van der Waals surface area contributed by atoms with Gasteiger partial charge in [0.05, 0.1) is 12.2 Å². The number of amides is 1. The van der Waals surface area contributed by atoms with Crippen molar-refractivity contribution in [2.24, 2.45) is 0 Å². The summed E-state index contributed by atoms with van der Waals surface area (Å²) in [5.41, 5.74) is 0.765. The summed E-state index contributed by atoms with van der Waals surface area (Å²) >= 11 is 0. The Morgan fingerprint density at radius 3 is 2.76 bits per heavy atom. The lowest BCUT2D eigenvalue weighted by molar-refractivity contribution is -0.145. The van der Waals surface area contributed by atoms with E-state index in [1.165, 1.54) is 4.90 Å². The first-order valence-corrected chi connectivity index (χ1v) is 5.03. The van der Waals surface area contributed by atoms with Gasteiger partial charge in [-0.25, -0.2) is 4.79 Å². The van der Waals surface area contributed by atoms with E-state index in [0.29, 0.717) is 6.54 Å². The van der Waals surface area contributed by atoms with Crippen LogP contribution < -0.4 is 0 Å². The van der Waals surface area contributed by atoms with Crippen molar-refractivity contribution in [3.8, 4) is 0 Å². The Morgan fingerprint density at radius 2 is 2.18 bits per heavy atom. The molecular formula is C11H14N2O4. The minimum Gasteiger partial charge on any atom is -0.480 e. The van der Waals surface area contributed by atoms with E-state index < -0.39 is 12.6 Å². The molecular weight excluding hydrogens is 224 g/mol. The molecule has 0 saturated heterocycles. The molecule has 0 radical (unpaired) electrons. The second kappa shape index (κ2) is 6.59. The van der Waals surface area contributed by atoms with Crippen molar-refractivity contribution < 1.29 is 19.4 Å². The first kappa shape index (κ1) is 13.1. The summed E-state index contributed by atoms with van der Waals surface area (Å²) in [7, 11) is 1.61. The molecule has 0 aliphatic carbocycles. The highest BCUT2D eigenvalue weighted by molar-refractivity contribution is 5.77. The second-order valence-corrected chi connectivity index (χ2v) is 3.46. The summed E-state index contributed by atoms with van der Waals surface area (Å²) in [6, 6.07) is 5.44. The lowest BCUT2D eigenvalue weighted by Gasteiger charge is -2.16. The fourth-order valence-electron chi connectivity index (χ4n) is 1.16. The number of pyridine rings is 1. The molecule has 1 N–H and O–H groups in total. The highest BCUT2D eigenvalue weighted by Crippen LogP contribution is 1.99. The first-order chi connectivity index (χ1) is 8.09. The van der Waals surface area contributed by atoms with Crippen molar-refractivity contribution in [2.45, 2.75) is 6.54 Å². The summed E-state index contributed by atoms with van der Waals surface area (Å²) in [6.45, 7) is -0.338. The van der Waals surface area contributed by atoms with Crippen molar-refractivity contribution in [2.75, 3.05) is 20.3 Å². The monoisotopic (exact) mass is 238 g/mol. The van der Waals surface area contributed by atoms with E-state index in [4.69, 9.17) is 9.84 Å². The van der Waals surface area contributed by atoms with Crippen LogP contribution >= 0.6 is 0 Å². The lowest BCUT2D eigenvalue weighted by Crippen LogP contribution is -2.30. The maximum Gasteiger partial charge on any atom is 0.329 e. The normalized spacial score (nSPS) is 9.94. The topological polar surface area (TPSA) is 79.7 Å². The maximum absolute atomic E-state index is 11.5. The molecule has 0 spiro atoms. The Balaban J connectivity index is 2.34. The molecule has 1 heterocycles. The lowest BCUT2D eigenvalue weighted by atomic mass is 10.3. The number of ether oxygens (including phenoxy) is 1. The Morgan fingerprint density at radius 1 is 1.41 bits per heavy atom. The third-order valence-electron chi connectivity index (χ3n) is 2.00. The van der Waals surface area contributed by atoms with Crippen LogP contribution in [0, 0.1) is 0 Å². The van der Waals surface area contributed by atoms with Crippen molar-refractivity contribution in [3.63, 3.8) is 0 Å². The third kappa shape index (κ3) is 5.07. The number of carbonyl (C=O) groups excluding carboxylic acids is 1. The molecule has 0 saturated carbocycles. The van der Waals surface area contributed by atoms with Gasteiger partial charge in [-0.1, -0.05) is 6.07 Å². The Bertz CT molecular complexity index is 380. The van der Waals surface area contributed by atoms with Gasteiger partial charge >= 0.3 is 5.97 Å². The van der Waals surface area contributed by atoms with Crippen molar-refractivity contribution in [3.05, 3.63) is 30.1 Å². The molecule has 0 unspecified atom stereocenters. The number of rotatable bonds is 6. The molecule has 1 rings (SSSR count). The van der Waals surface area contributed by atoms with E-state index in [0.717, 1.165) is 5.69 Å². The minimum absolute atomic E-state index is 0.240. The van der Waals surface area contributed by atoms with Crippen LogP contribution in [0.1, 0.15) is 5.69 Å². The van der Waals surface area contributed by atoms with E-state index in [1.54, 1.807) is 19.3 Å². The summed E-state index contributed by atoms with van der Waals surface area (Å²) in [6.07, 6.45) is 1.65. The van der Waals surface area contributed by atoms with E-state index in [2.05, 4.69) is 4.98 Å². The highest BCUT2D eigenvalue weighted by atomic mass is 16.5. The number of carboxylic acids is 1. The molecule has 6 heteroatoms. The van der Waals surface area contributed by atoms with E-state index in [-0.39, 0.29) is 12.5 Å². The summed E-state index contributed by atoms with van der Waals surface area (Å²) in [5, 5.41) is 8.34. The molecule has 6 nitrogen and oxygen atoms in total. The quantitative estimate of drug-likeness (QED) is 0.762. The van der Waals surface area contributed by atoms with Crippen molar-refractivity contribution in [1.29, 1.82) is 0 Å². The summed E-state index contributed by atoms with van der Waals surface area (Å²) in [4.78, 5) is 27.2. The molecule has 1 aromatic rings. The zero-order valence-corrected chi connectivity index (χ0v) is 9.50. The van der Waals surface area contributed by atoms with Gasteiger partial charge in [0.2, 0.25) is 5.91 Å². The number of likely N-dealkylation sites (N-methyl/N-ethyl adjacent to an activating group) is 1. The average Bonchev–Trinajstić information content (AvgIpc) is 2.29. The van der Waals surface area contributed by atoms with Crippen LogP contribution in [-0.2, 0) is 20.9 Å². The Hall–Kier alpha value is -1.95. The van der Waals surface area contributed by atoms with Crippen LogP contribution in [0.25, 0.3) is 0 Å². The standard InChI is InChI=1S/C11H14N2O4/c1-13(6-9-4-2-3-5-12-9)10(14)7-17-8-11(15)16/h2-5H,6-8H2,1H3,(H,15,16). The van der Waals surface area contributed by atoms with E-state index in [9.17, 15) is 9.59 Å². The van der Waals surface area contributed by atoms with Gasteiger partial charge in [-0.05, 0) is 12.1 Å². The van der Waals surface area contributed by atoms with Crippen LogP contribution in [0.5, 0.6) is 0 Å². The number of aliphatic carboxylic acids is 1. The van der Waals surface area contributed by atoms with Crippen LogP contribution in [0.2, 0.25) is 0 Å². The van der Waals surface area contributed by atoms with Gasteiger partial charge < -0.3 is 14.7 Å². The predicted molar refractivity (Wildman–Crippen MR) is 59.2 cm³/mol. The number of hydrogen-bond donors (Lipinski definition) is 1. The van der Waals surface area contributed by atoms with Crippen molar-refractivity contribution >= 4 is 11.9 Å². The zero-order chi connectivity index (χ0) is 12.7. The van der Waals surface area contributed by atoms with E-state index >= 15 is 0 Å². The molecule has 0 aliphatic heterocycles. The molecule has 0 aliphatic rings. The molecule has 1 aromatic heterocycles. The second-order valence-electron chi connectivity index (χ2n) is 3.46. The smallest absolute Gasteiger partial charge is 0.329 e. The third-order valence-corrected chi connectivity index (χ3v) is 2.00. The fraction of sp³-hybridized carbons (Fsp3) is 0.364. The SMILES string of the molecule is CN(Cc1ccccn1)C(=O)COCC(=O)O. The highest BCUT2D eigenvalue weighted by Gasteiger charge is 2.10. The van der Waals surface area contributed by atoms with Gasteiger partial charge in [-0.3, -0.25) is 9.78 Å². The maximum atomic E-state index is 11.5. The van der Waals surface area contributed by atoms with Gasteiger partial charge in [0, 0.05) is 13.2 Å². The summed E-state index contributed by atoms with van der Waals surface area (Å²) in [5.74, 6) is -1.37. The Labute approximate surface area is 98.8 Å². The predicted octanol–water partition coefficient (Wildman–Crippen LogP) is 0.141. The zero-order valence-electron chi connectivity index (χ0n) is 9.50. The molecule has 0 fully saturated rings. The number of carbonyl (C=O) groups is 2. The van der Waals surface area contributed by atoms with Crippen LogP contribution in [0.3, 0.4) is 0 Å². The van der Waals surface area contributed by atoms with Crippen LogP contribution in [0.15, 0.2) is 24.4 Å². The summed E-state index contributed by atoms with van der Waals surface area (Å²) < 4.78 is 4.70. The molecule has 17 heavy (non-hydrogen) atoms. The first-order valence-electron chi connectivity index (χ1n) is 5.03.